The fourth-order valence-electron chi connectivity index (χ4n) is 3.31. The molecule has 1 aromatic heterocycles. The van der Waals surface area contributed by atoms with Gasteiger partial charge in [0.05, 0.1) is 32.2 Å². The lowest BCUT2D eigenvalue weighted by Gasteiger charge is -2.21. The largest absolute Gasteiger partial charge is 0.279 e. The lowest BCUT2D eigenvalue weighted by Crippen LogP contribution is -2.31. The molecule has 4 aromatic rings. The first kappa shape index (κ1) is 21.5. The van der Waals surface area contributed by atoms with Gasteiger partial charge < -0.3 is 0 Å². The van der Waals surface area contributed by atoms with E-state index in [4.69, 9.17) is 16.6 Å². The van der Waals surface area contributed by atoms with Crippen LogP contribution in [0.4, 0.5) is 5.13 Å². The van der Waals surface area contributed by atoms with E-state index in [2.05, 4.69) is 0 Å². The number of aromatic nitrogens is 1. The molecule has 0 saturated heterocycles. The Hall–Kier alpha value is -2.74. The Kier molecular flexibility index (Phi) is 5.83. The van der Waals surface area contributed by atoms with Crippen LogP contribution in [-0.2, 0) is 16.4 Å². The van der Waals surface area contributed by atoms with Crippen molar-refractivity contribution in [3.63, 3.8) is 0 Å². The second-order valence-electron chi connectivity index (χ2n) is 7.18. The molecule has 158 valence electrons. The van der Waals surface area contributed by atoms with Crippen LogP contribution in [0.15, 0.2) is 71.6 Å². The van der Waals surface area contributed by atoms with E-state index >= 15 is 0 Å². The maximum atomic E-state index is 13.7. The summed E-state index contributed by atoms with van der Waals surface area (Å²) in [6.07, 6.45) is 1.10. The number of anilines is 1. The van der Waals surface area contributed by atoms with Gasteiger partial charge in [0.25, 0.3) is 5.91 Å². The summed E-state index contributed by atoms with van der Waals surface area (Å²) in [6, 6.07) is 19.4. The van der Waals surface area contributed by atoms with E-state index in [0.29, 0.717) is 10.2 Å². The topological polar surface area (TPSA) is 67.3 Å². The number of sulfone groups is 1. The van der Waals surface area contributed by atoms with Crippen LogP contribution in [0.2, 0.25) is 5.02 Å². The van der Waals surface area contributed by atoms with Gasteiger partial charge in [-0.3, -0.25) is 9.69 Å². The molecule has 0 spiro atoms. The predicted molar refractivity (Wildman–Crippen MR) is 126 cm³/mol. The highest BCUT2D eigenvalue weighted by Crippen LogP contribution is 2.37. The highest BCUT2D eigenvalue weighted by atomic mass is 35.5. The minimum Gasteiger partial charge on any atom is -0.279 e. The van der Waals surface area contributed by atoms with Crippen molar-refractivity contribution in [3.05, 3.63) is 88.4 Å². The van der Waals surface area contributed by atoms with Gasteiger partial charge in [0, 0.05) is 6.26 Å². The highest BCUT2D eigenvalue weighted by molar-refractivity contribution is 7.90. The van der Waals surface area contributed by atoms with Crippen molar-refractivity contribution in [2.45, 2.75) is 18.4 Å². The quantitative estimate of drug-likeness (QED) is 0.385. The molecular weight excluding hydrogens is 452 g/mol. The lowest BCUT2D eigenvalue weighted by atomic mass is 10.1. The molecular formula is C23H19ClN2O3S2. The molecule has 0 atom stereocenters. The van der Waals surface area contributed by atoms with E-state index in [1.165, 1.54) is 28.4 Å². The average Bonchev–Trinajstić information content (AvgIpc) is 3.21. The van der Waals surface area contributed by atoms with Gasteiger partial charge in [-0.25, -0.2) is 13.4 Å². The van der Waals surface area contributed by atoms with Gasteiger partial charge in [-0.05, 0) is 36.2 Å². The number of halogens is 1. The Morgan fingerprint density at radius 3 is 2.39 bits per heavy atom. The Bertz CT molecular complexity index is 1340. The maximum absolute atomic E-state index is 13.7. The second kappa shape index (κ2) is 8.42. The average molecular weight is 471 g/mol. The standard InChI is InChI=1S/C23H19ClN2O3S2/c1-15-12-13-18(24)21-20(15)25-23(30-21)26(14-16-8-4-3-5-9-16)22(27)17-10-6-7-11-19(17)31(2,28)29/h3-13H,14H2,1-2H3. The van der Waals surface area contributed by atoms with Gasteiger partial charge in [0.2, 0.25) is 0 Å². The van der Waals surface area contributed by atoms with Crippen LogP contribution < -0.4 is 4.90 Å². The van der Waals surface area contributed by atoms with Crippen molar-refractivity contribution >= 4 is 54.0 Å². The smallest absolute Gasteiger partial charge is 0.261 e. The van der Waals surface area contributed by atoms with Gasteiger partial charge >= 0.3 is 0 Å². The summed E-state index contributed by atoms with van der Waals surface area (Å²) < 4.78 is 25.4. The summed E-state index contributed by atoms with van der Waals surface area (Å²) in [4.78, 5) is 19.9. The Balaban J connectivity index is 1.88. The van der Waals surface area contributed by atoms with Crippen molar-refractivity contribution < 1.29 is 13.2 Å². The summed E-state index contributed by atoms with van der Waals surface area (Å²) in [5.74, 6) is -0.433. The third kappa shape index (κ3) is 4.35. The molecule has 0 aliphatic rings. The first-order chi connectivity index (χ1) is 14.8. The summed E-state index contributed by atoms with van der Waals surface area (Å²) in [7, 11) is -3.59. The number of benzene rings is 3. The van der Waals surface area contributed by atoms with Gasteiger partial charge in [-0.1, -0.05) is 71.5 Å². The fourth-order valence-corrected chi connectivity index (χ4v) is 5.51. The van der Waals surface area contributed by atoms with E-state index in [0.717, 1.165) is 27.6 Å². The van der Waals surface area contributed by atoms with E-state index in [-0.39, 0.29) is 17.0 Å². The summed E-state index contributed by atoms with van der Waals surface area (Å²) in [5, 5.41) is 1.02. The number of aryl methyl sites for hydroxylation is 1. The molecule has 8 heteroatoms. The molecule has 0 aliphatic heterocycles. The number of fused-ring (bicyclic) bond motifs is 1. The van der Waals surface area contributed by atoms with Crippen LogP contribution in [-0.4, -0.2) is 25.6 Å². The third-order valence-corrected chi connectivity index (χ3v) is 7.56. The second-order valence-corrected chi connectivity index (χ2v) is 10.6. The van der Waals surface area contributed by atoms with Crippen molar-refractivity contribution in [1.82, 2.24) is 4.98 Å². The number of carbonyl (C=O) groups excluding carboxylic acids is 1. The minimum absolute atomic E-state index is 0.00612. The van der Waals surface area contributed by atoms with Crippen LogP contribution in [0.1, 0.15) is 21.5 Å². The zero-order chi connectivity index (χ0) is 22.2. The lowest BCUT2D eigenvalue weighted by molar-refractivity contribution is 0.0982. The van der Waals surface area contributed by atoms with E-state index in [9.17, 15) is 13.2 Å². The molecule has 31 heavy (non-hydrogen) atoms. The monoisotopic (exact) mass is 470 g/mol. The molecule has 5 nitrogen and oxygen atoms in total. The SMILES string of the molecule is Cc1ccc(Cl)c2sc(N(Cc3ccccc3)C(=O)c3ccccc3S(C)(=O)=O)nc12. The first-order valence-electron chi connectivity index (χ1n) is 9.46. The van der Waals surface area contributed by atoms with Crippen molar-refractivity contribution in [3.8, 4) is 0 Å². The molecule has 0 saturated carbocycles. The van der Waals surface area contributed by atoms with Crippen LogP contribution in [0.5, 0.6) is 0 Å². The van der Waals surface area contributed by atoms with E-state index < -0.39 is 15.7 Å². The Morgan fingerprint density at radius 2 is 1.71 bits per heavy atom. The number of carbonyl (C=O) groups is 1. The summed E-state index contributed by atoms with van der Waals surface area (Å²) in [5.41, 5.74) is 2.69. The van der Waals surface area contributed by atoms with Crippen LogP contribution in [0.25, 0.3) is 10.2 Å². The maximum Gasteiger partial charge on any atom is 0.261 e. The Labute approximate surface area is 189 Å². The number of nitrogens with zero attached hydrogens (tertiary/aromatic N) is 2. The predicted octanol–water partition coefficient (Wildman–Crippen LogP) is 5.51. The van der Waals surface area contributed by atoms with Gasteiger partial charge in [0.1, 0.15) is 0 Å². The molecule has 1 heterocycles. The number of rotatable bonds is 5. The van der Waals surface area contributed by atoms with Crippen LogP contribution in [0.3, 0.4) is 0 Å². The normalized spacial score (nSPS) is 11.6. The molecule has 3 aromatic carbocycles. The van der Waals surface area contributed by atoms with E-state index in [1.54, 1.807) is 12.1 Å². The summed E-state index contributed by atoms with van der Waals surface area (Å²) >= 11 is 7.69. The number of hydrogen-bond acceptors (Lipinski definition) is 5. The zero-order valence-corrected chi connectivity index (χ0v) is 19.3. The fraction of sp³-hybridized carbons (Fsp3) is 0.130. The van der Waals surface area contributed by atoms with Gasteiger partial charge in [-0.15, -0.1) is 0 Å². The first-order valence-corrected chi connectivity index (χ1v) is 12.5. The van der Waals surface area contributed by atoms with Gasteiger partial charge in [-0.2, -0.15) is 0 Å². The molecule has 0 fully saturated rings. The molecule has 1 amide bonds. The van der Waals surface area contributed by atoms with Crippen molar-refractivity contribution in [2.24, 2.45) is 0 Å². The molecule has 0 unspecified atom stereocenters. The number of thiazole rings is 1. The summed E-state index contributed by atoms with van der Waals surface area (Å²) in [6.45, 7) is 2.18. The number of hydrogen-bond donors (Lipinski definition) is 0. The molecule has 0 N–H and O–H groups in total. The highest BCUT2D eigenvalue weighted by Gasteiger charge is 2.27. The van der Waals surface area contributed by atoms with Crippen molar-refractivity contribution in [1.29, 1.82) is 0 Å². The van der Waals surface area contributed by atoms with E-state index in [1.807, 2.05) is 49.4 Å². The number of amides is 1. The molecule has 4 rings (SSSR count). The van der Waals surface area contributed by atoms with Gasteiger partial charge in [0.15, 0.2) is 15.0 Å². The third-order valence-electron chi connectivity index (χ3n) is 4.86. The van der Waals surface area contributed by atoms with Crippen LogP contribution in [0, 0.1) is 6.92 Å². The molecule has 0 aliphatic carbocycles. The molecule has 0 radical (unpaired) electrons. The van der Waals surface area contributed by atoms with Crippen LogP contribution >= 0.6 is 22.9 Å². The van der Waals surface area contributed by atoms with Crippen molar-refractivity contribution in [2.75, 3.05) is 11.2 Å². The molecule has 0 bridgehead atoms. The Morgan fingerprint density at radius 1 is 1.03 bits per heavy atom. The minimum atomic E-state index is -3.59. The zero-order valence-electron chi connectivity index (χ0n) is 16.9.